The van der Waals surface area contributed by atoms with Crippen LogP contribution in [0.4, 0.5) is 20.4 Å². The number of benzene rings is 1. The Balaban J connectivity index is 1.24. The summed E-state index contributed by atoms with van der Waals surface area (Å²) < 4.78 is 41.3. The summed E-state index contributed by atoms with van der Waals surface area (Å²) in [5, 5.41) is 26.3. The number of hydrogen-bond donors (Lipinski definition) is 4. The van der Waals surface area contributed by atoms with Gasteiger partial charge in [-0.3, -0.25) is 0 Å². The Bertz CT molecular complexity index is 1500. The second-order valence-electron chi connectivity index (χ2n) is 10.2. The molecule has 39 heavy (non-hydrogen) atoms. The molecule has 1 saturated carbocycles. The first-order chi connectivity index (χ1) is 18.7. The van der Waals surface area contributed by atoms with Crippen molar-refractivity contribution in [2.24, 2.45) is 0 Å². The minimum atomic E-state index is -2.67. The van der Waals surface area contributed by atoms with Crippen LogP contribution in [-0.4, -0.2) is 67.6 Å². The maximum atomic E-state index is 13.8. The number of ether oxygens (including phenoxy) is 2. The Morgan fingerprint density at radius 2 is 1.92 bits per heavy atom. The number of fused-ring (bicyclic) bond motifs is 2. The first-order valence-corrected chi connectivity index (χ1v) is 13.0. The molecule has 6 rings (SSSR count). The molecule has 206 valence electrons. The van der Waals surface area contributed by atoms with Crippen LogP contribution in [0.15, 0.2) is 42.9 Å². The number of pyridine rings is 1. The number of aromatic nitrogens is 4. The van der Waals surface area contributed by atoms with Gasteiger partial charge in [-0.2, -0.15) is 0 Å². The van der Waals surface area contributed by atoms with E-state index in [1.165, 1.54) is 6.33 Å². The highest BCUT2D eigenvalue weighted by atomic mass is 19.3. The highest BCUT2D eigenvalue weighted by Crippen LogP contribution is 2.45. The lowest BCUT2D eigenvalue weighted by Crippen LogP contribution is -2.34. The second-order valence-corrected chi connectivity index (χ2v) is 10.2. The number of nitrogens with two attached hydrogens (primary N) is 1. The number of nitrogens with zero attached hydrogens (tertiary/aromatic N) is 4. The molecule has 3 aromatic heterocycles. The topological polar surface area (TPSA) is 141 Å². The predicted molar refractivity (Wildman–Crippen MR) is 141 cm³/mol. The molecule has 5 N–H and O–H groups in total. The lowest BCUT2D eigenvalue weighted by atomic mass is 9.82. The maximum absolute atomic E-state index is 13.8. The van der Waals surface area contributed by atoms with E-state index in [4.69, 9.17) is 15.2 Å². The molecule has 4 aromatic rings. The van der Waals surface area contributed by atoms with Crippen LogP contribution in [0.25, 0.3) is 21.9 Å². The summed E-state index contributed by atoms with van der Waals surface area (Å²) in [5.41, 5.74) is 8.09. The van der Waals surface area contributed by atoms with Gasteiger partial charge in [-0.1, -0.05) is 0 Å². The van der Waals surface area contributed by atoms with Crippen LogP contribution in [0, 0.1) is 0 Å². The van der Waals surface area contributed by atoms with Crippen molar-refractivity contribution in [2.45, 2.75) is 62.1 Å². The molecule has 12 heteroatoms. The van der Waals surface area contributed by atoms with Gasteiger partial charge in [-0.15, -0.1) is 0 Å². The van der Waals surface area contributed by atoms with Gasteiger partial charge in [-0.25, -0.2) is 23.7 Å². The quantitative estimate of drug-likeness (QED) is 0.289. The smallest absolute Gasteiger partial charge is 0.248 e. The fraction of sp³-hybridized carbons (Fsp3) is 0.444. The van der Waals surface area contributed by atoms with Gasteiger partial charge in [0.2, 0.25) is 5.92 Å². The molecule has 4 atom stereocenters. The average molecular weight is 541 g/mol. The van der Waals surface area contributed by atoms with E-state index in [1.54, 1.807) is 29.9 Å². The summed E-state index contributed by atoms with van der Waals surface area (Å²) in [6.45, 7) is -0.0210. The molecule has 0 unspecified atom stereocenters. The Labute approximate surface area is 222 Å². The van der Waals surface area contributed by atoms with Gasteiger partial charge in [0.05, 0.1) is 10.9 Å². The van der Waals surface area contributed by atoms with E-state index in [0.29, 0.717) is 29.6 Å². The normalized spacial score (nSPS) is 25.4. The number of anilines is 2. The Kier molecular flexibility index (Phi) is 6.48. The lowest BCUT2D eigenvalue weighted by Gasteiger charge is -2.28. The predicted octanol–water partition coefficient (Wildman–Crippen LogP) is 3.59. The summed E-state index contributed by atoms with van der Waals surface area (Å²) in [7, 11) is 1.79. The summed E-state index contributed by atoms with van der Waals surface area (Å²) in [6, 6.07) is 9.32. The van der Waals surface area contributed by atoms with Gasteiger partial charge in [0.15, 0.2) is 6.23 Å². The monoisotopic (exact) mass is 540 g/mol. The van der Waals surface area contributed by atoms with E-state index in [0.717, 1.165) is 22.3 Å². The Morgan fingerprint density at radius 1 is 1.15 bits per heavy atom. The van der Waals surface area contributed by atoms with Crippen molar-refractivity contribution in [1.29, 1.82) is 0 Å². The molecule has 4 heterocycles. The zero-order valence-electron chi connectivity index (χ0n) is 21.3. The van der Waals surface area contributed by atoms with Crippen LogP contribution < -0.4 is 15.8 Å². The van der Waals surface area contributed by atoms with Crippen LogP contribution in [0.1, 0.15) is 43.4 Å². The molecule has 1 aliphatic heterocycles. The van der Waals surface area contributed by atoms with Crippen molar-refractivity contribution in [3.8, 4) is 5.75 Å². The first kappa shape index (κ1) is 25.7. The van der Waals surface area contributed by atoms with E-state index in [1.807, 2.05) is 18.2 Å². The molecule has 0 radical (unpaired) electrons. The van der Waals surface area contributed by atoms with Gasteiger partial charge in [0, 0.05) is 37.5 Å². The molecular weight excluding hydrogens is 510 g/mol. The molecule has 2 aliphatic rings. The fourth-order valence-corrected chi connectivity index (χ4v) is 5.59. The van der Waals surface area contributed by atoms with Gasteiger partial charge in [-0.05, 0) is 48.6 Å². The maximum Gasteiger partial charge on any atom is 0.248 e. The van der Waals surface area contributed by atoms with E-state index in [-0.39, 0.29) is 31.2 Å². The number of nitrogens with one attached hydrogen (secondary N) is 1. The van der Waals surface area contributed by atoms with Crippen molar-refractivity contribution in [3.05, 3.63) is 48.4 Å². The molecular formula is C27H30F2N6O4. The Morgan fingerprint density at radius 3 is 2.69 bits per heavy atom. The SMILES string of the molecule is CNc1ccc2ccc(OC[C@H]3O[C@@H](n4cc(C5CCC(F)(F)CC5)c5c(N)ncnc54)[C@H](O)[C@@H]3O)cc2n1. The fourth-order valence-electron chi connectivity index (χ4n) is 5.59. The minimum absolute atomic E-state index is 0.0210. The van der Waals surface area contributed by atoms with Crippen molar-refractivity contribution >= 4 is 33.6 Å². The van der Waals surface area contributed by atoms with Crippen molar-refractivity contribution in [3.63, 3.8) is 0 Å². The number of alkyl halides is 2. The summed E-state index contributed by atoms with van der Waals surface area (Å²) in [4.78, 5) is 13.0. The lowest BCUT2D eigenvalue weighted by molar-refractivity contribution is -0.0475. The standard InChI is InChI=1S/C27H30F2N6O4/c1-31-20-5-3-15-2-4-16(10-18(15)34-20)38-12-19-22(36)23(37)26(39-19)35-11-17(14-6-8-27(28,29)9-7-14)21-24(30)32-13-33-25(21)35/h2-5,10-11,13-14,19,22-23,26,36-37H,6-9,12H2,1H3,(H,31,34)(H2,30,32,33)/t19-,22-,23-,26-/m1/s1. The van der Waals surface area contributed by atoms with Gasteiger partial charge < -0.3 is 35.3 Å². The number of rotatable bonds is 6. The molecule has 0 bridgehead atoms. The summed E-state index contributed by atoms with van der Waals surface area (Å²) in [6.07, 6.45) is -1.14. The summed E-state index contributed by atoms with van der Waals surface area (Å²) >= 11 is 0. The van der Waals surface area contributed by atoms with Gasteiger partial charge in [0.1, 0.15) is 54.3 Å². The largest absolute Gasteiger partial charge is 0.491 e. The Hall–Kier alpha value is -3.61. The third-order valence-corrected chi connectivity index (χ3v) is 7.77. The third kappa shape index (κ3) is 4.72. The molecule has 10 nitrogen and oxygen atoms in total. The van der Waals surface area contributed by atoms with E-state index in [2.05, 4.69) is 20.3 Å². The van der Waals surface area contributed by atoms with Crippen molar-refractivity contribution in [1.82, 2.24) is 19.5 Å². The molecule has 1 aromatic carbocycles. The average Bonchev–Trinajstić information content (AvgIpc) is 3.45. The van der Waals surface area contributed by atoms with Crippen LogP contribution in [0.3, 0.4) is 0 Å². The number of aliphatic hydroxyl groups is 2. The summed E-state index contributed by atoms with van der Waals surface area (Å²) in [5.74, 6) is -1.33. The second kappa shape index (κ2) is 9.85. The van der Waals surface area contributed by atoms with Crippen molar-refractivity contribution < 1.29 is 28.5 Å². The zero-order chi connectivity index (χ0) is 27.3. The van der Waals surface area contributed by atoms with Crippen molar-refractivity contribution in [2.75, 3.05) is 24.7 Å². The zero-order valence-corrected chi connectivity index (χ0v) is 21.3. The molecule has 0 spiro atoms. The van der Waals surface area contributed by atoms with Gasteiger partial charge >= 0.3 is 0 Å². The first-order valence-electron chi connectivity index (χ1n) is 13.0. The molecule has 1 saturated heterocycles. The highest BCUT2D eigenvalue weighted by molar-refractivity contribution is 5.90. The molecule has 0 amide bonds. The van der Waals surface area contributed by atoms with Crippen LogP contribution in [-0.2, 0) is 4.74 Å². The van der Waals surface area contributed by atoms with Gasteiger partial charge in [0.25, 0.3) is 0 Å². The number of hydrogen-bond acceptors (Lipinski definition) is 9. The van der Waals surface area contributed by atoms with E-state index < -0.39 is 30.5 Å². The van der Waals surface area contributed by atoms with Crippen LogP contribution in [0.2, 0.25) is 0 Å². The number of halogens is 2. The van der Waals surface area contributed by atoms with Crippen LogP contribution >= 0.6 is 0 Å². The highest BCUT2D eigenvalue weighted by Gasteiger charge is 2.45. The number of aliphatic hydroxyl groups excluding tert-OH is 2. The molecule has 1 aliphatic carbocycles. The number of nitrogen functional groups attached to an aromatic ring is 1. The third-order valence-electron chi connectivity index (χ3n) is 7.77. The van der Waals surface area contributed by atoms with E-state index in [9.17, 15) is 19.0 Å². The van der Waals surface area contributed by atoms with Crippen LogP contribution in [0.5, 0.6) is 5.75 Å². The minimum Gasteiger partial charge on any atom is -0.491 e. The molecule has 2 fully saturated rings. The van der Waals surface area contributed by atoms with E-state index >= 15 is 0 Å².